The number of nitrogens with zero attached hydrogens (tertiary/aromatic N) is 3. The summed E-state index contributed by atoms with van der Waals surface area (Å²) in [5.41, 5.74) is 0.809. The van der Waals surface area contributed by atoms with Gasteiger partial charge in [0.05, 0.1) is 11.2 Å². The number of hydrogen-bond donors (Lipinski definition) is 1. The first kappa shape index (κ1) is 18.3. The fourth-order valence-corrected chi connectivity index (χ4v) is 4.70. The summed E-state index contributed by atoms with van der Waals surface area (Å²) in [4.78, 5) is 23.1. The van der Waals surface area contributed by atoms with Gasteiger partial charge in [-0.05, 0) is 57.8 Å². The maximum atomic E-state index is 13.0. The number of nitrogens with one attached hydrogen (secondary N) is 1. The fraction of sp³-hybridized carbons (Fsp3) is 0.526. The summed E-state index contributed by atoms with van der Waals surface area (Å²) in [7, 11) is 0. The van der Waals surface area contributed by atoms with Gasteiger partial charge >= 0.3 is 6.09 Å². The number of alkyl carbamates (subject to hydrolysis) is 1. The molecule has 3 fully saturated rings. The minimum absolute atomic E-state index is 0.0282. The first-order valence-electron chi connectivity index (χ1n) is 9.20. The van der Waals surface area contributed by atoms with Gasteiger partial charge in [0.15, 0.2) is 0 Å². The Morgan fingerprint density at radius 1 is 1.37 bits per heavy atom. The van der Waals surface area contributed by atoms with Gasteiger partial charge in [0.2, 0.25) is 5.95 Å². The van der Waals surface area contributed by atoms with Crippen LogP contribution in [-0.4, -0.2) is 46.7 Å². The molecular formula is C19H23FN4O2S. The van der Waals surface area contributed by atoms with Crippen LogP contribution < -0.4 is 5.32 Å². The van der Waals surface area contributed by atoms with Gasteiger partial charge in [-0.2, -0.15) is 4.39 Å². The van der Waals surface area contributed by atoms with Crippen LogP contribution in [0.1, 0.15) is 32.4 Å². The molecular weight excluding hydrogens is 367 g/mol. The largest absolute Gasteiger partial charge is 0.445 e. The Balaban J connectivity index is 1.41. The molecule has 5 rings (SSSR count). The van der Waals surface area contributed by atoms with Crippen molar-refractivity contribution < 1.29 is 13.9 Å². The summed E-state index contributed by atoms with van der Waals surface area (Å²) >= 11 is 1.44. The summed E-state index contributed by atoms with van der Waals surface area (Å²) in [5.74, 6) is -0.0475. The van der Waals surface area contributed by atoms with Crippen LogP contribution in [0.5, 0.6) is 0 Å². The second-order valence-electron chi connectivity index (χ2n) is 7.74. The lowest BCUT2D eigenvalue weighted by Gasteiger charge is -2.44. The summed E-state index contributed by atoms with van der Waals surface area (Å²) in [6.07, 6.45) is 3.22. The summed E-state index contributed by atoms with van der Waals surface area (Å²) in [6, 6.07) is 2.96. The van der Waals surface area contributed by atoms with Gasteiger partial charge in [-0.15, -0.1) is 11.3 Å². The standard InChI is InChI=1S/C19H23FN4O2S/c1-19(2,15-11-27-17(22-15)13-3-4-16(20)21-9-13)23-18(25)26-14-10-24-7-5-12(14)6-8-24/h3-4,9,11-12,14H,5-8,10H2,1-2H3,(H,23,25)/t14-/m1/s1. The van der Waals surface area contributed by atoms with Crippen molar-refractivity contribution in [3.05, 3.63) is 35.4 Å². The lowest BCUT2D eigenvalue weighted by molar-refractivity contribution is -0.0350. The molecule has 0 saturated carbocycles. The first-order chi connectivity index (χ1) is 12.9. The number of pyridine rings is 1. The van der Waals surface area contributed by atoms with E-state index < -0.39 is 17.6 Å². The normalized spacial score (nSPS) is 24.6. The molecule has 0 aromatic carbocycles. The number of aromatic nitrogens is 2. The predicted octanol–water partition coefficient (Wildman–Crippen LogP) is 3.40. The van der Waals surface area contributed by atoms with E-state index in [4.69, 9.17) is 4.74 Å². The summed E-state index contributed by atoms with van der Waals surface area (Å²) < 4.78 is 18.7. The van der Waals surface area contributed by atoms with E-state index in [1.807, 2.05) is 19.2 Å². The van der Waals surface area contributed by atoms with Crippen molar-refractivity contribution in [1.29, 1.82) is 0 Å². The molecule has 0 unspecified atom stereocenters. The van der Waals surface area contributed by atoms with Gasteiger partial charge in [0, 0.05) is 23.7 Å². The number of ether oxygens (including phenoxy) is 1. The van der Waals surface area contributed by atoms with Gasteiger partial charge in [-0.1, -0.05) is 0 Å². The van der Waals surface area contributed by atoms with Crippen molar-refractivity contribution in [2.75, 3.05) is 19.6 Å². The van der Waals surface area contributed by atoms with E-state index in [9.17, 15) is 9.18 Å². The molecule has 2 aromatic rings. The third-order valence-corrected chi connectivity index (χ3v) is 6.28. The Kier molecular flexibility index (Phi) is 4.86. The summed E-state index contributed by atoms with van der Waals surface area (Å²) in [6.45, 7) is 6.84. The van der Waals surface area contributed by atoms with E-state index in [0.717, 1.165) is 48.7 Å². The quantitative estimate of drug-likeness (QED) is 0.811. The Bertz CT molecular complexity index is 815. The lowest BCUT2D eigenvalue weighted by atomic mass is 9.86. The minimum atomic E-state index is -0.673. The number of halogens is 1. The van der Waals surface area contributed by atoms with Crippen molar-refractivity contribution in [3.63, 3.8) is 0 Å². The number of piperidine rings is 3. The van der Waals surface area contributed by atoms with Crippen LogP contribution in [-0.2, 0) is 10.3 Å². The highest BCUT2D eigenvalue weighted by Gasteiger charge is 2.37. The van der Waals surface area contributed by atoms with Crippen LogP contribution in [0.3, 0.4) is 0 Å². The highest BCUT2D eigenvalue weighted by molar-refractivity contribution is 7.13. The molecule has 5 heterocycles. The molecule has 1 amide bonds. The molecule has 3 aliphatic heterocycles. The van der Waals surface area contributed by atoms with Crippen molar-refractivity contribution >= 4 is 17.4 Å². The minimum Gasteiger partial charge on any atom is -0.445 e. The number of amides is 1. The zero-order valence-electron chi connectivity index (χ0n) is 15.4. The molecule has 3 saturated heterocycles. The third-order valence-electron chi connectivity index (χ3n) is 5.39. The number of rotatable bonds is 4. The van der Waals surface area contributed by atoms with Crippen LogP contribution >= 0.6 is 11.3 Å². The molecule has 0 aliphatic carbocycles. The highest BCUT2D eigenvalue weighted by atomic mass is 32.1. The monoisotopic (exact) mass is 390 g/mol. The van der Waals surface area contributed by atoms with E-state index in [2.05, 4.69) is 20.2 Å². The van der Waals surface area contributed by atoms with Crippen molar-refractivity contribution in [1.82, 2.24) is 20.2 Å². The van der Waals surface area contributed by atoms with Gasteiger partial charge in [-0.25, -0.2) is 14.8 Å². The Labute approximate surface area is 161 Å². The molecule has 2 aromatic heterocycles. The van der Waals surface area contributed by atoms with Crippen molar-refractivity contribution in [3.8, 4) is 10.6 Å². The van der Waals surface area contributed by atoms with Crippen LogP contribution in [0.15, 0.2) is 23.7 Å². The maximum Gasteiger partial charge on any atom is 0.408 e. The van der Waals surface area contributed by atoms with Gasteiger partial charge < -0.3 is 10.1 Å². The van der Waals surface area contributed by atoms with E-state index in [-0.39, 0.29) is 6.10 Å². The Hall–Kier alpha value is -2.06. The zero-order chi connectivity index (χ0) is 19.0. The molecule has 27 heavy (non-hydrogen) atoms. The molecule has 2 bridgehead atoms. The molecule has 3 aliphatic rings. The van der Waals surface area contributed by atoms with Gasteiger partial charge in [0.1, 0.15) is 11.1 Å². The summed E-state index contributed by atoms with van der Waals surface area (Å²) in [5, 5.41) is 5.57. The number of carbonyl (C=O) groups is 1. The smallest absolute Gasteiger partial charge is 0.408 e. The van der Waals surface area contributed by atoms with Crippen LogP contribution in [0.2, 0.25) is 0 Å². The maximum absolute atomic E-state index is 13.0. The predicted molar refractivity (Wildman–Crippen MR) is 101 cm³/mol. The van der Waals surface area contributed by atoms with E-state index in [1.165, 1.54) is 23.6 Å². The van der Waals surface area contributed by atoms with Gasteiger partial charge in [0.25, 0.3) is 0 Å². The lowest BCUT2D eigenvalue weighted by Crippen LogP contribution is -2.53. The number of thiazole rings is 1. The first-order valence-corrected chi connectivity index (χ1v) is 10.1. The van der Waals surface area contributed by atoms with E-state index >= 15 is 0 Å². The average Bonchev–Trinajstić information content (AvgIpc) is 3.14. The Morgan fingerprint density at radius 2 is 2.15 bits per heavy atom. The SMILES string of the molecule is CC(C)(NC(=O)O[C@@H]1CN2CCC1CC2)c1csc(-c2ccc(F)nc2)n1. The molecule has 0 spiro atoms. The van der Waals surface area contributed by atoms with Crippen molar-refractivity contribution in [2.45, 2.75) is 38.3 Å². The number of fused-ring (bicyclic) bond motifs is 3. The molecule has 144 valence electrons. The van der Waals surface area contributed by atoms with Crippen LogP contribution in [0, 0.1) is 11.9 Å². The molecule has 1 atom stereocenters. The molecule has 6 nitrogen and oxygen atoms in total. The zero-order valence-corrected chi connectivity index (χ0v) is 16.3. The molecule has 1 N–H and O–H groups in total. The van der Waals surface area contributed by atoms with Crippen molar-refractivity contribution in [2.24, 2.45) is 5.92 Å². The second kappa shape index (κ2) is 7.16. The van der Waals surface area contributed by atoms with Crippen LogP contribution in [0.4, 0.5) is 9.18 Å². The fourth-order valence-electron chi connectivity index (χ4n) is 3.73. The van der Waals surface area contributed by atoms with Gasteiger partial charge in [-0.3, -0.25) is 4.90 Å². The second-order valence-corrected chi connectivity index (χ2v) is 8.60. The topological polar surface area (TPSA) is 67.3 Å². The third kappa shape index (κ3) is 3.96. The Morgan fingerprint density at radius 3 is 2.78 bits per heavy atom. The number of hydrogen-bond acceptors (Lipinski definition) is 6. The average molecular weight is 390 g/mol. The highest BCUT2D eigenvalue weighted by Crippen LogP contribution is 2.31. The van der Waals surface area contributed by atoms with Crippen LogP contribution in [0.25, 0.3) is 10.6 Å². The molecule has 0 radical (unpaired) electrons. The molecule has 8 heteroatoms. The number of carbonyl (C=O) groups excluding carboxylic acids is 1. The van der Waals surface area contributed by atoms with E-state index in [1.54, 1.807) is 6.07 Å². The van der Waals surface area contributed by atoms with E-state index in [0.29, 0.717) is 5.92 Å².